The van der Waals surface area contributed by atoms with Gasteiger partial charge in [0, 0.05) is 4.53 Å². The van der Waals surface area contributed by atoms with Crippen LogP contribution in [0.3, 0.4) is 0 Å². The van der Waals surface area contributed by atoms with E-state index in [1.165, 1.54) is 12.8 Å². The van der Waals surface area contributed by atoms with Crippen molar-refractivity contribution in [2.75, 3.05) is 0 Å². The van der Waals surface area contributed by atoms with Gasteiger partial charge in [0.15, 0.2) is 0 Å². The van der Waals surface area contributed by atoms with E-state index in [2.05, 4.69) is 18.8 Å². The zero-order valence-corrected chi connectivity index (χ0v) is 7.71. The molecule has 0 aliphatic rings. The molecule has 0 aromatic carbocycles. The summed E-state index contributed by atoms with van der Waals surface area (Å²) in [5, 5.41) is 0. The van der Waals surface area contributed by atoms with E-state index in [1.807, 2.05) is 0 Å². The highest BCUT2D eigenvalue weighted by atomic mass is 19.3. The highest BCUT2D eigenvalue weighted by molar-refractivity contribution is 6.35. The standard InChI is InChI=1S/C4H3FO4.C4H10/c5-9-4(8)3(7)1-2-6;1-3-4-2/h2H,1H2;3-4H2,1-2H3. The molecule has 0 aliphatic carbocycles. The zero-order chi connectivity index (χ0) is 10.7. The summed E-state index contributed by atoms with van der Waals surface area (Å²) in [6, 6.07) is 0. The summed E-state index contributed by atoms with van der Waals surface area (Å²) in [6.45, 7) is 4.36. The summed E-state index contributed by atoms with van der Waals surface area (Å²) in [5.74, 6) is -2.82. The Morgan fingerprint density at radius 3 is 2.00 bits per heavy atom. The van der Waals surface area contributed by atoms with Gasteiger partial charge in [0.2, 0.25) is 0 Å². The molecule has 0 aliphatic heterocycles. The topological polar surface area (TPSA) is 60.4 Å². The van der Waals surface area contributed by atoms with E-state index in [9.17, 15) is 18.9 Å². The lowest BCUT2D eigenvalue weighted by atomic mass is 10.3. The van der Waals surface area contributed by atoms with Crippen LogP contribution >= 0.6 is 0 Å². The SMILES string of the molecule is CCCC.O=CCC(=O)C(=O)OF. The Hall–Kier alpha value is -1.26. The van der Waals surface area contributed by atoms with Crippen LogP contribution in [0, 0.1) is 0 Å². The maximum absolute atomic E-state index is 10.8. The lowest BCUT2D eigenvalue weighted by Gasteiger charge is -1.84. The molecule has 5 heteroatoms. The Balaban J connectivity index is 0. The first-order valence-electron chi connectivity index (χ1n) is 3.93. The third kappa shape index (κ3) is 10.7. The minimum absolute atomic E-state index is 0.194. The number of carbonyl (C=O) groups excluding carboxylic acids is 3. The van der Waals surface area contributed by atoms with Crippen molar-refractivity contribution in [2.45, 2.75) is 33.1 Å². The molecular weight excluding hydrogens is 179 g/mol. The second-order valence-electron chi connectivity index (χ2n) is 2.16. The second-order valence-corrected chi connectivity index (χ2v) is 2.16. The van der Waals surface area contributed by atoms with Crippen molar-refractivity contribution in [1.82, 2.24) is 0 Å². The van der Waals surface area contributed by atoms with Gasteiger partial charge in [-0.05, 0) is 0 Å². The van der Waals surface area contributed by atoms with Gasteiger partial charge in [-0.3, -0.25) is 4.79 Å². The molecule has 13 heavy (non-hydrogen) atoms. The molecule has 0 spiro atoms. The number of ketones is 1. The van der Waals surface area contributed by atoms with E-state index in [0.29, 0.717) is 0 Å². The van der Waals surface area contributed by atoms with E-state index >= 15 is 0 Å². The first-order chi connectivity index (χ1) is 6.13. The largest absolute Gasteiger partial charge is 0.415 e. The van der Waals surface area contributed by atoms with E-state index in [4.69, 9.17) is 0 Å². The Kier molecular flexibility index (Phi) is 11.8. The van der Waals surface area contributed by atoms with Gasteiger partial charge in [0.05, 0.1) is 6.42 Å². The van der Waals surface area contributed by atoms with Gasteiger partial charge in [0.1, 0.15) is 6.29 Å². The average molecular weight is 192 g/mol. The Bertz CT molecular complexity index is 166. The maximum Gasteiger partial charge on any atom is 0.415 e. The molecular formula is C8H13FO4. The van der Waals surface area contributed by atoms with E-state index < -0.39 is 18.2 Å². The Morgan fingerprint density at radius 1 is 1.31 bits per heavy atom. The number of unbranched alkanes of at least 4 members (excludes halogenated alkanes) is 1. The van der Waals surface area contributed by atoms with Crippen molar-refractivity contribution in [3.05, 3.63) is 0 Å². The number of aldehydes is 1. The molecule has 0 rings (SSSR count). The minimum atomic E-state index is -1.64. The van der Waals surface area contributed by atoms with Gasteiger partial charge in [-0.1, -0.05) is 26.7 Å². The van der Waals surface area contributed by atoms with Gasteiger partial charge < -0.3 is 4.79 Å². The van der Waals surface area contributed by atoms with Crippen LogP contribution in [-0.4, -0.2) is 18.0 Å². The van der Waals surface area contributed by atoms with E-state index in [0.717, 1.165) is 0 Å². The predicted molar refractivity (Wildman–Crippen MR) is 43.5 cm³/mol. The number of carbonyl (C=O) groups is 3. The third-order valence-corrected chi connectivity index (χ3v) is 1.07. The van der Waals surface area contributed by atoms with Crippen LogP contribution in [0.5, 0.6) is 0 Å². The van der Waals surface area contributed by atoms with Crippen molar-refractivity contribution in [1.29, 1.82) is 0 Å². The Morgan fingerprint density at radius 2 is 1.77 bits per heavy atom. The fourth-order valence-corrected chi connectivity index (χ4v) is 0.202. The fourth-order valence-electron chi connectivity index (χ4n) is 0.202. The number of hydrogen-bond donors (Lipinski definition) is 0. The van der Waals surface area contributed by atoms with Crippen molar-refractivity contribution >= 4 is 18.0 Å². The molecule has 4 nitrogen and oxygen atoms in total. The smallest absolute Gasteiger partial charge is 0.303 e. The van der Waals surface area contributed by atoms with Crippen LogP contribution in [0.2, 0.25) is 0 Å². The normalized spacial score (nSPS) is 7.92. The second kappa shape index (κ2) is 10.7. The molecule has 0 bridgehead atoms. The lowest BCUT2D eigenvalue weighted by molar-refractivity contribution is -0.186. The molecule has 0 N–H and O–H groups in total. The third-order valence-electron chi connectivity index (χ3n) is 1.07. The van der Waals surface area contributed by atoms with Crippen LogP contribution in [0.4, 0.5) is 4.53 Å². The van der Waals surface area contributed by atoms with Gasteiger partial charge >= 0.3 is 5.97 Å². The van der Waals surface area contributed by atoms with E-state index in [1.54, 1.807) is 0 Å². The van der Waals surface area contributed by atoms with Crippen LogP contribution in [0.25, 0.3) is 0 Å². The highest BCUT2D eigenvalue weighted by Crippen LogP contribution is 1.83. The zero-order valence-electron chi connectivity index (χ0n) is 7.71. The summed E-state index contributed by atoms with van der Waals surface area (Å²) in [7, 11) is 0. The molecule has 0 atom stereocenters. The van der Waals surface area contributed by atoms with Crippen molar-refractivity contribution in [3.8, 4) is 0 Å². The molecule has 0 amide bonds. The summed E-state index contributed by atoms with van der Waals surface area (Å²) >= 11 is 0. The van der Waals surface area contributed by atoms with Gasteiger partial charge in [-0.2, -0.15) is 0 Å². The first-order valence-corrected chi connectivity index (χ1v) is 3.93. The van der Waals surface area contributed by atoms with Gasteiger partial charge in [-0.25, -0.2) is 9.74 Å². The Labute approximate surface area is 76.0 Å². The molecule has 0 unspecified atom stereocenters. The summed E-state index contributed by atoms with van der Waals surface area (Å²) in [6.07, 6.45) is 2.20. The van der Waals surface area contributed by atoms with Crippen LogP contribution in [0.1, 0.15) is 33.1 Å². The molecule has 0 saturated heterocycles. The molecule has 0 aromatic heterocycles. The van der Waals surface area contributed by atoms with E-state index in [-0.39, 0.29) is 6.29 Å². The number of hydrogen-bond acceptors (Lipinski definition) is 4. The summed E-state index contributed by atoms with van der Waals surface area (Å²) in [5.41, 5.74) is 0. The number of Topliss-reactive ketones (excluding diaryl/α,β-unsaturated/α-hetero) is 1. The van der Waals surface area contributed by atoms with Crippen LogP contribution in [0.15, 0.2) is 0 Å². The molecule has 0 aromatic rings. The van der Waals surface area contributed by atoms with Crippen molar-refractivity contribution in [2.24, 2.45) is 0 Å². The van der Waals surface area contributed by atoms with Crippen LogP contribution < -0.4 is 0 Å². The quantitative estimate of drug-likeness (QED) is 0.383. The molecule has 76 valence electrons. The maximum atomic E-state index is 10.8. The lowest BCUT2D eigenvalue weighted by Crippen LogP contribution is -2.13. The predicted octanol–water partition coefficient (Wildman–Crippen LogP) is 1.38. The van der Waals surface area contributed by atoms with Gasteiger partial charge in [0.25, 0.3) is 5.78 Å². The van der Waals surface area contributed by atoms with Crippen molar-refractivity contribution < 1.29 is 23.9 Å². The number of halogens is 1. The minimum Gasteiger partial charge on any atom is -0.303 e. The fraction of sp³-hybridized carbons (Fsp3) is 0.625. The summed E-state index contributed by atoms with van der Waals surface area (Å²) in [4.78, 5) is 31.8. The number of rotatable bonds is 4. The summed E-state index contributed by atoms with van der Waals surface area (Å²) < 4.78 is 10.8. The average Bonchev–Trinajstić information content (AvgIpc) is 2.17. The van der Waals surface area contributed by atoms with Crippen molar-refractivity contribution in [3.63, 3.8) is 0 Å². The molecule has 0 radical (unpaired) electrons. The highest BCUT2D eigenvalue weighted by Gasteiger charge is 2.14. The molecule has 0 fully saturated rings. The molecule has 0 heterocycles. The van der Waals surface area contributed by atoms with Gasteiger partial charge in [-0.15, -0.1) is 0 Å². The first kappa shape index (κ1) is 14.3. The van der Waals surface area contributed by atoms with Crippen LogP contribution in [-0.2, 0) is 19.3 Å². The molecule has 0 saturated carbocycles. The monoisotopic (exact) mass is 192 g/mol.